The number of halogens is 3. The molecule has 1 amide bonds. The minimum Gasteiger partial charge on any atom is -0.406 e. The van der Waals surface area contributed by atoms with Gasteiger partial charge in [0.15, 0.2) is 5.78 Å². The smallest absolute Gasteiger partial charge is 0.406 e. The number of amides is 1. The first-order valence-corrected chi connectivity index (χ1v) is 9.82. The highest BCUT2D eigenvalue weighted by atomic mass is 19.4. The zero-order valence-electron chi connectivity index (χ0n) is 17.3. The van der Waals surface area contributed by atoms with Crippen molar-refractivity contribution >= 4 is 23.1 Å². The molecule has 0 spiro atoms. The number of anilines is 2. The number of hydrogen-bond acceptors (Lipinski definition) is 6. The summed E-state index contributed by atoms with van der Waals surface area (Å²) in [7, 11) is 0. The van der Waals surface area contributed by atoms with Crippen molar-refractivity contribution in [2.45, 2.75) is 13.3 Å². The molecule has 10 heteroatoms. The Balaban J connectivity index is 1.54. The first kappa shape index (κ1) is 23.1. The molecule has 168 valence electrons. The van der Waals surface area contributed by atoms with Gasteiger partial charge in [0.1, 0.15) is 5.75 Å². The molecule has 0 aliphatic carbocycles. The van der Waals surface area contributed by atoms with E-state index in [1.807, 2.05) is 9.80 Å². The van der Waals surface area contributed by atoms with Crippen LogP contribution in [0.5, 0.6) is 5.75 Å². The molecule has 1 aliphatic rings. The molecule has 1 fully saturated rings. The number of nitriles is 1. The SMILES string of the molecule is CC(=O)c1ccc(C#N)cc1N1CCN(CC(=O)Nc2ccc(OC(F)(F)F)cc2)CC1. The van der Waals surface area contributed by atoms with Gasteiger partial charge in [-0.2, -0.15) is 5.26 Å². The molecule has 1 saturated heterocycles. The topological polar surface area (TPSA) is 85.7 Å². The van der Waals surface area contributed by atoms with E-state index in [0.29, 0.717) is 48.7 Å². The number of hydrogen-bond donors (Lipinski definition) is 1. The van der Waals surface area contributed by atoms with E-state index in [-0.39, 0.29) is 24.0 Å². The molecule has 3 rings (SSSR count). The van der Waals surface area contributed by atoms with Gasteiger partial charge in [0, 0.05) is 43.1 Å². The van der Waals surface area contributed by atoms with Crippen LogP contribution in [-0.2, 0) is 4.79 Å². The summed E-state index contributed by atoms with van der Waals surface area (Å²) in [5.41, 5.74) is 2.09. The molecule has 1 N–H and O–H groups in total. The fourth-order valence-electron chi connectivity index (χ4n) is 3.45. The van der Waals surface area contributed by atoms with Crippen LogP contribution in [-0.4, -0.2) is 55.7 Å². The van der Waals surface area contributed by atoms with Crippen molar-refractivity contribution in [2.24, 2.45) is 0 Å². The summed E-state index contributed by atoms with van der Waals surface area (Å²) >= 11 is 0. The lowest BCUT2D eigenvalue weighted by Gasteiger charge is -2.36. The van der Waals surface area contributed by atoms with E-state index in [1.54, 1.807) is 18.2 Å². The number of benzene rings is 2. The van der Waals surface area contributed by atoms with Crippen molar-refractivity contribution in [1.29, 1.82) is 5.26 Å². The second-order valence-corrected chi connectivity index (χ2v) is 7.28. The Morgan fingerprint density at radius 1 is 1.09 bits per heavy atom. The molecule has 7 nitrogen and oxygen atoms in total. The van der Waals surface area contributed by atoms with Gasteiger partial charge in [-0.25, -0.2) is 0 Å². The van der Waals surface area contributed by atoms with Crippen molar-refractivity contribution in [3.8, 4) is 11.8 Å². The number of piperazine rings is 1. The van der Waals surface area contributed by atoms with E-state index in [1.165, 1.54) is 19.1 Å². The van der Waals surface area contributed by atoms with Gasteiger partial charge in [0.05, 0.1) is 18.2 Å². The van der Waals surface area contributed by atoms with Crippen LogP contribution in [0.4, 0.5) is 24.5 Å². The third-order valence-electron chi connectivity index (χ3n) is 4.96. The third-order valence-corrected chi connectivity index (χ3v) is 4.96. The number of carbonyl (C=O) groups is 2. The monoisotopic (exact) mass is 446 g/mol. The van der Waals surface area contributed by atoms with Crippen LogP contribution in [0.3, 0.4) is 0 Å². The lowest BCUT2D eigenvalue weighted by atomic mass is 10.0. The lowest BCUT2D eigenvalue weighted by Crippen LogP contribution is -2.49. The van der Waals surface area contributed by atoms with Gasteiger partial charge in [-0.15, -0.1) is 13.2 Å². The second kappa shape index (κ2) is 9.70. The molecule has 0 aromatic heterocycles. The van der Waals surface area contributed by atoms with Crippen LogP contribution in [0.25, 0.3) is 0 Å². The van der Waals surface area contributed by atoms with Crippen LogP contribution in [0.2, 0.25) is 0 Å². The fraction of sp³-hybridized carbons (Fsp3) is 0.318. The highest BCUT2D eigenvalue weighted by Crippen LogP contribution is 2.25. The van der Waals surface area contributed by atoms with E-state index in [4.69, 9.17) is 5.26 Å². The van der Waals surface area contributed by atoms with Gasteiger partial charge < -0.3 is 15.0 Å². The number of rotatable bonds is 6. The predicted octanol–water partition coefficient (Wildman–Crippen LogP) is 3.42. The molecule has 1 heterocycles. The van der Waals surface area contributed by atoms with E-state index in [9.17, 15) is 22.8 Å². The van der Waals surface area contributed by atoms with Crippen molar-refractivity contribution < 1.29 is 27.5 Å². The normalized spacial score (nSPS) is 14.5. The maximum absolute atomic E-state index is 12.3. The van der Waals surface area contributed by atoms with Crippen LogP contribution in [0, 0.1) is 11.3 Å². The Labute approximate surface area is 183 Å². The van der Waals surface area contributed by atoms with Crippen molar-refractivity contribution in [2.75, 3.05) is 42.9 Å². The minimum absolute atomic E-state index is 0.0852. The summed E-state index contributed by atoms with van der Waals surface area (Å²) in [6.07, 6.45) is -4.77. The highest BCUT2D eigenvalue weighted by Gasteiger charge is 2.31. The van der Waals surface area contributed by atoms with Gasteiger partial charge in [-0.05, 0) is 49.4 Å². The van der Waals surface area contributed by atoms with Crippen LogP contribution in [0.1, 0.15) is 22.8 Å². The Morgan fingerprint density at radius 2 is 1.75 bits per heavy atom. The standard InChI is InChI=1S/C22H21F3N4O3/c1-15(30)19-7-2-16(13-26)12-20(19)29-10-8-28(9-11-29)14-21(31)27-17-3-5-18(6-4-17)32-22(23,24)25/h2-7,12H,8-11,14H2,1H3,(H,27,31). The number of nitrogens with one attached hydrogen (secondary N) is 1. The highest BCUT2D eigenvalue weighted by molar-refractivity contribution is 6.00. The van der Waals surface area contributed by atoms with E-state index in [0.717, 1.165) is 12.1 Å². The molecule has 32 heavy (non-hydrogen) atoms. The van der Waals surface area contributed by atoms with E-state index < -0.39 is 6.36 Å². The van der Waals surface area contributed by atoms with Crippen molar-refractivity contribution in [1.82, 2.24) is 4.90 Å². The molecule has 0 radical (unpaired) electrons. The first-order valence-electron chi connectivity index (χ1n) is 9.82. The quantitative estimate of drug-likeness (QED) is 0.685. The van der Waals surface area contributed by atoms with Gasteiger partial charge in [0.25, 0.3) is 0 Å². The maximum atomic E-state index is 12.3. The summed E-state index contributed by atoms with van der Waals surface area (Å²) < 4.78 is 40.5. The molecule has 2 aromatic rings. The Kier molecular flexibility index (Phi) is 7.00. The van der Waals surface area contributed by atoms with Crippen molar-refractivity contribution in [3.63, 3.8) is 0 Å². The van der Waals surface area contributed by atoms with Crippen molar-refractivity contribution in [3.05, 3.63) is 53.6 Å². The van der Waals surface area contributed by atoms with Crippen LogP contribution in [0.15, 0.2) is 42.5 Å². The van der Waals surface area contributed by atoms with Gasteiger partial charge in [-0.3, -0.25) is 14.5 Å². The van der Waals surface area contributed by atoms with E-state index >= 15 is 0 Å². The number of ether oxygens (including phenoxy) is 1. The summed E-state index contributed by atoms with van der Waals surface area (Å²) in [5, 5.41) is 11.8. The average Bonchev–Trinajstić information content (AvgIpc) is 2.74. The predicted molar refractivity (Wildman–Crippen MR) is 112 cm³/mol. The van der Waals surface area contributed by atoms with Gasteiger partial charge >= 0.3 is 6.36 Å². The molecule has 0 unspecified atom stereocenters. The molecular formula is C22H21F3N4O3. The van der Waals surface area contributed by atoms with Crippen LogP contribution >= 0.6 is 0 Å². The summed E-state index contributed by atoms with van der Waals surface area (Å²) in [6.45, 7) is 3.89. The largest absolute Gasteiger partial charge is 0.573 e. The number of carbonyl (C=O) groups excluding carboxylic acids is 2. The number of ketones is 1. The molecule has 2 aromatic carbocycles. The zero-order chi connectivity index (χ0) is 23.3. The molecule has 0 bridgehead atoms. The number of Topliss-reactive ketones (excluding diaryl/α,β-unsaturated/α-hetero) is 1. The summed E-state index contributed by atoms with van der Waals surface area (Å²) in [5.74, 6) is -0.742. The Hall–Kier alpha value is -3.58. The van der Waals surface area contributed by atoms with E-state index in [2.05, 4.69) is 16.1 Å². The average molecular weight is 446 g/mol. The third kappa shape index (κ3) is 6.21. The summed E-state index contributed by atoms with van der Waals surface area (Å²) in [4.78, 5) is 28.2. The summed E-state index contributed by atoms with van der Waals surface area (Å²) in [6, 6.07) is 12.0. The maximum Gasteiger partial charge on any atom is 0.573 e. The second-order valence-electron chi connectivity index (χ2n) is 7.28. The number of nitrogens with zero attached hydrogens (tertiary/aromatic N) is 3. The zero-order valence-corrected chi connectivity index (χ0v) is 17.3. The van der Waals surface area contributed by atoms with Gasteiger partial charge in [-0.1, -0.05) is 0 Å². The van der Waals surface area contributed by atoms with Crippen LogP contribution < -0.4 is 15.0 Å². The fourth-order valence-corrected chi connectivity index (χ4v) is 3.45. The first-order chi connectivity index (χ1) is 15.1. The Morgan fingerprint density at radius 3 is 2.31 bits per heavy atom. The Bertz CT molecular complexity index is 1020. The minimum atomic E-state index is -4.77. The molecular weight excluding hydrogens is 425 g/mol. The van der Waals surface area contributed by atoms with Gasteiger partial charge in [0.2, 0.25) is 5.91 Å². The molecule has 1 aliphatic heterocycles. The number of alkyl halides is 3. The molecule has 0 saturated carbocycles. The lowest BCUT2D eigenvalue weighted by molar-refractivity contribution is -0.274. The molecule has 0 atom stereocenters.